The van der Waals surface area contributed by atoms with Gasteiger partial charge in [-0.2, -0.15) is 0 Å². The van der Waals surface area contributed by atoms with Crippen LogP contribution in [0.1, 0.15) is 15.2 Å². The number of carbonyl (C=O) groups is 1. The molecular weight excluding hydrogens is 441 g/mol. The number of aromatic nitrogens is 3. The van der Waals surface area contributed by atoms with Crippen molar-refractivity contribution in [3.8, 4) is 0 Å². The van der Waals surface area contributed by atoms with Crippen molar-refractivity contribution in [1.82, 2.24) is 14.8 Å². The summed E-state index contributed by atoms with van der Waals surface area (Å²) in [5.74, 6) is 0.484. The van der Waals surface area contributed by atoms with Crippen LogP contribution in [0.15, 0.2) is 53.3 Å². The van der Waals surface area contributed by atoms with Gasteiger partial charge in [0.25, 0.3) is 0 Å². The first-order valence-corrected chi connectivity index (χ1v) is 9.98. The van der Waals surface area contributed by atoms with Crippen LogP contribution in [0.4, 0.5) is 0 Å². The van der Waals surface area contributed by atoms with Gasteiger partial charge in [-0.3, -0.25) is 4.79 Å². The molecule has 1 aromatic carbocycles. The Bertz CT molecular complexity index is 769. The van der Waals surface area contributed by atoms with Gasteiger partial charge in [-0.05, 0) is 52.6 Å². The van der Waals surface area contributed by atoms with Crippen LogP contribution in [0, 0.1) is 3.57 Å². The number of rotatable bonds is 7. The van der Waals surface area contributed by atoms with E-state index in [0.29, 0.717) is 5.75 Å². The highest BCUT2D eigenvalue weighted by Gasteiger charge is 2.11. The highest BCUT2D eigenvalue weighted by Crippen LogP contribution is 2.18. The molecular formula is C16H14IN3OS2. The predicted octanol–water partition coefficient (Wildman–Crippen LogP) is 4.16. The second-order valence-corrected chi connectivity index (χ2v) is 8.08. The molecule has 0 radical (unpaired) electrons. The third-order valence-corrected chi connectivity index (χ3v) is 5.89. The molecule has 0 atom stereocenters. The van der Waals surface area contributed by atoms with E-state index < -0.39 is 0 Å². The molecule has 4 nitrogen and oxygen atoms in total. The summed E-state index contributed by atoms with van der Waals surface area (Å²) in [4.78, 5) is 13.6. The minimum Gasteiger partial charge on any atom is -0.308 e. The highest BCUT2D eigenvalue weighted by molar-refractivity contribution is 14.1. The van der Waals surface area contributed by atoms with Crippen molar-refractivity contribution in [3.05, 3.63) is 62.1 Å². The Morgan fingerprint density at radius 1 is 1.26 bits per heavy atom. The van der Waals surface area contributed by atoms with E-state index in [1.165, 1.54) is 16.6 Å². The molecule has 3 rings (SSSR count). The van der Waals surface area contributed by atoms with E-state index in [-0.39, 0.29) is 5.78 Å². The molecule has 2 heterocycles. The van der Waals surface area contributed by atoms with Crippen molar-refractivity contribution < 1.29 is 4.79 Å². The Morgan fingerprint density at radius 2 is 2.09 bits per heavy atom. The summed E-state index contributed by atoms with van der Waals surface area (Å²) in [5, 5.41) is 11.0. The molecule has 0 aliphatic carbocycles. The van der Waals surface area contributed by atoms with Crippen LogP contribution in [-0.2, 0) is 13.0 Å². The molecule has 7 heteroatoms. The lowest BCUT2D eigenvalue weighted by molar-refractivity contribution is 0.102. The van der Waals surface area contributed by atoms with E-state index in [1.54, 1.807) is 17.7 Å². The first kappa shape index (κ1) is 16.7. The molecule has 0 saturated carbocycles. The Kier molecular flexibility index (Phi) is 5.85. The molecule has 0 N–H and O–H groups in total. The zero-order valence-electron chi connectivity index (χ0n) is 12.2. The fourth-order valence-electron chi connectivity index (χ4n) is 2.04. The van der Waals surface area contributed by atoms with Crippen molar-refractivity contribution in [3.63, 3.8) is 0 Å². The zero-order valence-corrected chi connectivity index (χ0v) is 16.0. The van der Waals surface area contributed by atoms with E-state index in [9.17, 15) is 4.79 Å². The van der Waals surface area contributed by atoms with Gasteiger partial charge in [0, 0.05) is 20.6 Å². The van der Waals surface area contributed by atoms with Crippen LogP contribution in [0.25, 0.3) is 0 Å². The maximum absolute atomic E-state index is 12.2. The van der Waals surface area contributed by atoms with Crippen molar-refractivity contribution in [2.45, 2.75) is 18.1 Å². The number of halogens is 1. The molecule has 0 aliphatic rings. The predicted molar refractivity (Wildman–Crippen MR) is 102 cm³/mol. The van der Waals surface area contributed by atoms with Crippen molar-refractivity contribution in [1.29, 1.82) is 0 Å². The average Bonchev–Trinajstić information content (AvgIpc) is 3.22. The molecule has 0 spiro atoms. The van der Waals surface area contributed by atoms with Crippen molar-refractivity contribution in [2.24, 2.45) is 0 Å². The Morgan fingerprint density at radius 3 is 2.83 bits per heavy atom. The summed E-state index contributed by atoms with van der Waals surface area (Å²) in [6.45, 7) is 0.827. The first-order valence-electron chi connectivity index (χ1n) is 7.04. The fraction of sp³-hybridized carbons (Fsp3) is 0.188. The van der Waals surface area contributed by atoms with Gasteiger partial charge in [0.15, 0.2) is 10.9 Å². The zero-order chi connectivity index (χ0) is 16.1. The van der Waals surface area contributed by atoms with Gasteiger partial charge in [-0.1, -0.05) is 30.0 Å². The maximum atomic E-state index is 12.2. The molecule has 0 saturated heterocycles. The molecule has 0 unspecified atom stereocenters. The lowest BCUT2D eigenvalue weighted by Crippen LogP contribution is -2.05. The topological polar surface area (TPSA) is 47.8 Å². The van der Waals surface area contributed by atoms with Gasteiger partial charge in [0.05, 0.1) is 5.75 Å². The normalized spacial score (nSPS) is 10.8. The summed E-state index contributed by atoms with van der Waals surface area (Å²) >= 11 is 5.42. The number of benzene rings is 1. The van der Waals surface area contributed by atoms with E-state index in [0.717, 1.165) is 27.3 Å². The monoisotopic (exact) mass is 455 g/mol. The summed E-state index contributed by atoms with van der Waals surface area (Å²) in [5.41, 5.74) is 0.738. The molecule has 23 heavy (non-hydrogen) atoms. The smallest absolute Gasteiger partial charge is 0.191 e. The van der Waals surface area contributed by atoms with Crippen molar-refractivity contribution in [2.75, 3.05) is 5.75 Å². The molecule has 0 amide bonds. The van der Waals surface area contributed by atoms with Gasteiger partial charge >= 0.3 is 0 Å². The molecule has 0 fully saturated rings. The lowest BCUT2D eigenvalue weighted by Gasteiger charge is -2.05. The number of ketones is 1. The van der Waals surface area contributed by atoms with Crippen molar-refractivity contribution >= 4 is 51.5 Å². The second kappa shape index (κ2) is 8.07. The summed E-state index contributed by atoms with van der Waals surface area (Å²) in [7, 11) is 0. The Labute approximate surface area is 156 Å². The first-order chi connectivity index (χ1) is 11.2. The van der Waals surface area contributed by atoms with E-state index in [4.69, 9.17) is 0 Å². The largest absolute Gasteiger partial charge is 0.308 e. The third-order valence-electron chi connectivity index (χ3n) is 3.26. The van der Waals surface area contributed by atoms with Crippen LogP contribution in [0.3, 0.4) is 0 Å². The van der Waals surface area contributed by atoms with Crippen LogP contribution in [0.5, 0.6) is 0 Å². The number of hydrogen-bond donors (Lipinski definition) is 0. The van der Waals surface area contributed by atoms with E-state index in [2.05, 4.69) is 50.3 Å². The minimum absolute atomic E-state index is 0.110. The SMILES string of the molecule is O=C(CSc1nncn1CCc1cccs1)c1ccc(I)cc1. The Balaban J connectivity index is 1.57. The van der Waals surface area contributed by atoms with Crippen LogP contribution >= 0.6 is 45.7 Å². The van der Waals surface area contributed by atoms with Crippen LogP contribution in [0.2, 0.25) is 0 Å². The van der Waals surface area contributed by atoms with Gasteiger partial charge in [0.1, 0.15) is 6.33 Å². The standard InChI is InChI=1S/C16H14IN3OS2/c17-13-5-3-12(4-6-13)15(21)10-23-16-19-18-11-20(16)8-7-14-2-1-9-22-14/h1-6,9,11H,7-8,10H2. The molecule has 0 aliphatic heterocycles. The Hall–Kier alpha value is -1.19. The third kappa shape index (κ3) is 4.65. The highest BCUT2D eigenvalue weighted by atomic mass is 127. The number of aryl methyl sites for hydroxylation is 2. The second-order valence-electron chi connectivity index (χ2n) is 4.86. The molecule has 3 aromatic rings. The number of hydrogen-bond acceptors (Lipinski definition) is 5. The fourth-order valence-corrected chi connectivity index (χ4v) is 3.94. The maximum Gasteiger partial charge on any atom is 0.191 e. The number of carbonyl (C=O) groups excluding carboxylic acids is 1. The number of Topliss-reactive ketones (excluding diaryl/α,β-unsaturated/α-hetero) is 1. The van der Waals surface area contributed by atoms with Gasteiger partial charge in [-0.15, -0.1) is 21.5 Å². The molecule has 2 aromatic heterocycles. The molecule has 118 valence electrons. The van der Waals surface area contributed by atoms with Crippen LogP contribution < -0.4 is 0 Å². The lowest BCUT2D eigenvalue weighted by atomic mass is 10.2. The van der Waals surface area contributed by atoms with E-state index in [1.807, 2.05) is 28.8 Å². The van der Waals surface area contributed by atoms with Gasteiger partial charge in [0.2, 0.25) is 0 Å². The number of nitrogens with zero attached hydrogens (tertiary/aromatic N) is 3. The average molecular weight is 455 g/mol. The number of thioether (sulfide) groups is 1. The number of thiophene rings is 1. The summed E-state index contributed by atoms with van der Waals surface area (Å²) in [6, 6.07) is 11.8. The summed E-state index contributed by atoms with van der Waals surface area (Å²) < 4.78 is 3.13. The minimum atomic E-state index is 0.110. The van der Waals surface area contributed by atoms with E-state index >= 15 is 0 Å². The summed E-state index contributed by atoms with van der Waals surface area (Å²) in [6.07, 6.45) is 2.68. The molecule has 0 bridgehead atoms. The van der Waals surface area contributed by atoms with Gasteiger partial charge < -0.3 is 4.57 Å². The van der Waals surface area contributed by atoms with Gasteiger partial charge in [-0.25, -0.2) is 0 Å². The quantitative estimate of drug-likeness (QED) is 0.305. The van der Waals surface area contributed by atoms with Crippen LogP contribution in [-0.4, -0.2) is 26.3 Å².